The van der Waals surface area contributed by atoms with E-state index >= 15 is 0 Å². The second kappa shape index (κ2) is 4.08. The molecule has 0 fully saturated rings. The summed E-state index contributed by atoms with van der Waals surface area (Å²) in [6.07, 6.45) is 1.02. The Morgan fingerprint density at radius 2 is 1.62 bits per heavy atom. The van der Waals surface area contributed by atoms with Gasteiger partial charge in [0, 0.05) is 11.8 Å². The molecule has 0 unspecified atom stereocenters. The first kappa shape index (κ1) is 13.6. The highest BCUT2D eigenvalue weighted by molar-refractivity contribution is 7.90. The summed E-state index contributed by atoms with van der Waals surface area (Å²) in [5, 5.41) is 9.57. The summed E-state index contributed by atoms with van der Waals surface area (Å²) >= 11 is 0. The van der Waals surface area contributed by atoms with Crippen molar-refractivity contribution in [1.82, 2.24) is 15.4 Å². The fourth-order valence-electron chi connectivity index (χ4n) is 2.55. The molecule has 108 valence electrons. The number of hydrogen-bond donors (Lipinski definition) is 1. The second-order valence-electron chi connectivity index (χ2n) is 5.02. The molecule has 0 radical (unpaired) electrons. The maximum Gasteiger partial charge on any atom is 0.217 e. The van der Waals surface area contributed by atoms with Gasteiger partial charge in [-0.1, -0.05) is 0 Å². The number of aromatic nitrogens is 3. The Morgan fingerprint density at radius 3 is 2.19 bits per heavy atom. The number of H-pyrrole nitrogens is 1. The standard InChI is InChI=1S/C13H11N3O4S/c1-5-4-7-8(13(6(5)2)21(3,19)20)12(18)10-9(11(7)17)14-16-15-10/h4H,1-3H3,(H,14,15,16). The Labute approximate surface area is 120 Å². The van der Waals surface area contributed by atoms with Crippen molar-refractivity contribution in [3.63, 3.8) is 0 Å². The van der Waals surface area contributed by atoms with Crippen LogP contribution in [0.15, 0.2) is 11.0 Å². The lowest BCUT2D eigenvalue weighted by Crippen LogP contribution is -2.25. The third-order valence-corrected chi connectivity index (χ3v) is 4.86. The van der Waals surface area contributed by atoms with E-state index in [1.807, 2.05) is 0 Å². The number of aryl methyl sites for hydroxylation is 1. The summed E-state index contributed by atoms with van der Waals surface area (Å²) < 4.78 is 24.1. The number of fused-ring (bicyclic) bond motifs is 2. The van der Waals surface area contributed by atoms with Crippen molar-refractivity contribution in [1.29, 1.82) is 0 Å². The van der Waals surface area contributed by atoms with Crippen molar-refractivity contribution in [2.24, 2.45) is 0 Å². The number of benzene rings is 1. The molecule has 0 saturated carbocycles. The first-order valence-electron chi connectivity index (χ1n) is 6.08. The second-order valence-corrected chi connectivity index (χ2v) is 6.97. The number of nitrogens with one attached hydrogen (secondary N) is 1. The maximum absolute atomic E-state index is 12.5. The molecule has 8 heteroatoms. The van der Waals surface area contributed by atoms with E-state index in [1.165, 1.54) is 6.07 Å². The minimum atomic E-state index is -3.67. The molecule has 1 aromatic heterocycles. The highest BCUT2D eigenvalue weighted by Gasteiger charge is 2.38. The van der Waals surface area contributed by atoms with Crippen LogP contribution in [-0.2, 0) is 9.84 Å². The summed E-state index contributed by atoms with van der Waals surface area (Å²) in [6, 6.07) is 1.52. The lowest BCUT2D eigenvalue weighted by atomic mass is 9.87. The van der Waals surface area contributed by atoms with Gasteiger partial charge in [-0.15, -0.1) is 0 Å². The van der Waals surface area contributed by atoms with Crippen molar-refractivity contribution in [2.75, 3.05) is 6.26 Å². The van der Waals surface area contributed by atoms with Gasteiger partial charge in [0.15, 0.2) is 21.2 Å². The minimum absolute atomic E-state index is 0.0601. The number of rotatable bonds is 1. The third kappa shape index (κ3) is 1.75. The van der Waals surface area contributed by atoms with Gasteiger partial charge in [0.25, 0.3) is 0 Å². The van der Waals surface area contributed by atoms with Crippen molar-refractivity contribution >= 4 is 21.4 Å². The normalized spacial score (nSPS) is 14.0. The molecule has 1 aliphatic carbocycles. The molecule has 1 heterocycles. The zero-order valence-electron chi connectivity index (χ0n) is 11.5. The summed E-state index contributed by atoms with van der Waals surface area (Å²) in [7, 11) is -3.67. The molecule has 0 amide bonds. The van der Waals surface area contributed by atoms with Gasteiger partial charge in [0.1, 0.15) is 0 Å². The predicted octanol–water partition coefficient (Wildman–Crippen LogP) is 0.600. The highest BCUT2D eigenvalue weighted by Crippen LogP contribution is 2.33. The van der Waals surface area contributed by atoms with Gasteiger partial charge in [-0.2, -0.15) is 15.4 Å². The summed E-state index contributed by atoms with van der Waals surface area (Å²) in [4.78, 5) is 24.8. The molecule has 21 heavy (non-hydrogen) atoms. The van der Waals surface area contributed by atoms with Crippen LogP contribution in [0.1, 0.15) is 43.2 Å². The van der Waals surface area contributed by atoms with Crippen LogP contribution in [0, 0.1) is 13.8 Å². The van der Waals surface area contributed by atoms with E-state index < -0.39 is 21.4 Å². The van der Waals surface area contributed by atoms with Crippen LogP contribution in [0.3, 0.4) is 0 Å². The molecule has 0 saturated heterocycles. The van der Waals surface area contributed by atoms with E-state index in [2.05, 4.69) is 15.4 Å². The van der Waals surface area contributed by atoms with Crippen LogP contribution in [-0.4, -0.2) is 41.7 Å². The van der Waals surface area contributed by atoms with Crippen LogP contribution in [0.5, 0.6) is 0 Å². The maximum atomic E-state index is 12.5. The Morgan fingerprint density at radius 1 is 1.05 bits per heavy atom. The monoisotopic (exact) mass is 305 g/mol. The molecule has 0 spiro atoms. The summed E-state index contributed by atoms with van der Waals surface area (Å²) in [5.41, 5.74) is 0.833. The van der Waals surface area contributed by atoms with Gasteiger partial charge in [-0.25, -0.2) is 8.42 Å². The predicted molar refractivity (Wildman–Crippen MR) is 72.3 cm³/mol. The van der Waals surface area contributed by atoms with Crippen LogP contribution in [0.4, 0.5) is 0 Å². The summed E-state index contributed by atoms with van der Waals surface area (Å²) in [6.45, 7) is 3.31. The SMILES string of the molecule is Cc1cc2c(c(S(C)(=O)=O)c1C)C(=O)c1n[nH]nc1C2=O. The summed E-state index contributed by atoms with van der Waals surface area (Å²) in [5.74, 6) is -1.10. The number of hydrogen-bond acceptors (Lipinski definition) is 6. The van der Waals surface area contributed by atoms with Gasteiger partial charge >= 0.3 is 0 Å². The molecule has 1 N–H and O–H groups in total. The number of aromatic amines is 1. The lowest BCUT2D eigenvalue weighted by Gasteiger charge is -2.19. The van der Waals surface area contributed by atoms with Crippen LogP contribution >= 0.6 is 0 Å². The van der Waals surface area contributed by atoms with E-state index in [0.717, 1.165) is 6.26 Å². The van der Waals surface area contributed by atoms with Gasteiger partial charge in [-0.3, -0.25) is 9.59 Å². The van der Waals surface area contributed by atoms with Gasteiger partial charge in [0.2, 0.25) is 11.6 Å². The van der Waals surface area contributed by atoms with Crippen LogP contribution in [0.2, 0.25) is 0 Å². The van der Waals surface area contributed by atoms with Crippen molar-refractivity contribution < 1.29 is 18.0 Å². The van der Waals surface area contributed by atoms with E-state index in [-0.39, 0.29) is 27.4 Å². The average molecular weight is 305 g/mol. The Balaban J connectivity index is 2.50. The van der Waals surface area contributed by atoms with Crippen molar-refractivity contribution in [2.45, 2.75) is 18.7 Å². The van der Waals surface area contributed by atoms with Crippen molar-refractivity contribution in [3.8, 4) is 0 Å². The first-order chi connectivity index (χ1) is 9.73. The fourth-order valence-corrected chi connectivity index (χ4v) is 3.84. The molecular formula is C13H11N3O4S. The number of ketones is 2. The lowest BCUT2D eigenvalue weighted by molar-refractivity contribution is 0.0971. The van der Waals surface area contributed by atoms with Crippen LogP contribution in [0.25, 0.3) is 0 Å². The van der Waals surface area contributed by atoms with E-state index in [1.54, 1.807) is 13.8 Å². The fraction of sp³-hybridized carbons (Fsp3) is 0.231. The third-order valence-electron chi connectivity index (χ3n) is 3.61. The zero-order valence-corrected chi connectivity index (χ0v) is 12.3. The topological polar surface area (TPSA) is 110 Å². The van der Waals surface area contributed by atoms with E-state index in [0.29, 0.717) is 11.1 Å². The molecule has 0 aliphatic heterocycles. The molecule has 1 aromatic carbocycles. The number of carbonyl (C=O) groups excluding carboxylic acids is 2. The van der Waals surface area contributed by atoms with E-state index in [9.17, 15) is 18.0 Å². The highest BCUT2D eigenvalue weighted by atomic mass is 32.2. The first-order valence-corrected chi connectivity index (χ1v) is 7.97. The molecular weight excluding hydrogens is 294 g/mol. The number of carbonyl (C=O) groups is 2. The van der Waals surface area contributed by atoms with Crippen LogP contribution < -0.4 is 0 Å². The molecule has 0 bridgehead atoms. The molecule has 3 rings (SSSR count). The molecule has 7 nitrogen and oxygen atoms in total. The van der Waals surface area contributed by atoms with Gasteiger partial charge in [-0.05, 0) is 31.0 Å². The van der Waals surface area contributed by atoms with E-state index in [4.69, 9.17) is 0 Å². The molecule has 2 aromatic rings. The zero-order chi connectivity index (χ0) is 15.5. The van der Waals surface area contributed by atoms with Gasteiger partial charge in [0.05, 0.1) is 10.5 Å². The Hall–Kier alpha value is -2.35. The molecule has 0 atom stereocenters. The number of sulfone groups is 1. The quantitative estimate of drug-likeness (QED) is 0.705. The average Bonchev–Trinajstić information content (AvgIpc) is 2.86. The Kier molecular flexibility index (Phi) is 2.64. The minimum Gasteiger partial charge on any atom is -0.287 e. The smallest absolute Gasteiger partial charge is 0.217 e. The molecule has 1 aliphatic rings. The largest absolute Gasteiger partial charge is 0.287 e. The number of nitrogens with zero attached hydrogens (tertiary/aromatic N) is 2. The van der Waals surface area contributed by atoms with Gasteiger partial charge < -0.3 is 0 Å². The Bertz CT molecular complexity index is 925. The van der Waals surface area contributed by atoms with Crippen molar-refractivity contribution in [3.05, 3.63) is 39.7 Å².